The fourth-order valence-corrected chi connectivity index (χ4v) is 2.17. The molecule has 2 aliphatic rings. The zero-order valence-electron chi connectivity index (χ0n) is 10.2. The molecule has 0 aromatic carbocycles. The molecule has 1 aromatic heterocycles. The Morgan fingerprint density at radius 3 is 2.71 bits per heavy atom. The molecular weight excluding hydrogens is 214 g/mol. The first-order chi connectivity index (χ1) is 8.26. The lowest BCUT2D eigenvalue weighted by atomic mass is 10.3. The Labute approximate surface area is 101 Å². The molecule has 2 fully saturated rings. The highest BCUT2D eigenvalue weighted by Crippen LogP contribution is 2.37. The molecule has 1 heterocycles. The molecule has 0 bridgehead atoms. The Bertz CT molecular complexity index is 411. The van der Waals surface area contributed by atoms with Gasteiger partial charge in [-0.05, 0) is 38.5 Å². The maximum absolute atomic E-state index is 5.43. The Kier molecular flexibility index (Phi) is 2.63. The predicted octanol–water partition coefficient (Wildman–Crippen LogP) is 1.45. The average Bonchev–Trinajstić information content (AvgIpc) is 3.16. The van der Waals surface area contributed by atoms with Crippen molar-refractivity contribution >= 4 is 11.6 Å². The zero-order valence-corrected chi connectivity index (χ0v) is 10.2. The number of nitrogens with one attached hydrogen (secondary N) is 1. The summed E-state index contributed by atoms with van der Waals surface area (Å²) in [5, 5.41) is 0. The number of aryl methyl sites for hydroxylation is 1. The molecular formula is C12H19N5. The van der Waals surface area contributed by atoms with Crippen LogP contribution in [-0.2, 0) is 0 Å². The number of hydrogen-bond donors (Lipinski definition) is 2. The molecule has 0 saturated heterocycles. The number of nitrogens with two attached hydrogens (primary N) is 1. The minimum absolute atomic E-state index is 0.690. The van der Waals surface area contributed by atoms with Gasteiger partial charge < -0.3 is 10.3 Å². The van der Waals surface area contributed by atoms with Crippen LogP contribution in [0.1, 0.15) is 31.5 Å². The summed E-state index contributed by atoms with van der Waals surface area (Å²) in [5.74, 6) is 8.81. The Morgan fingerprint density at radius 2 is 2.12 bits per heavy atom. The standard InChI is InChI=1S/C12H19N5/c1-8-14-11(16-13)6-12(15-8)17(10-4-5-10)7-9-2-3-9/h6,9-10H,2-5,7,13H2,1H3,(H,14,15,16). The van der Waals surface area contributed by atoms with E-state index in [1.807, 2.05) is 13.0 Å². The second-order valence-corrected chi connectivity index (χ2v) is 5.13. The largest absolute Gasteiger partial charge is 0.353 e. The van der Waals surface area contributed by atoms with E-state index in [0.29, 0.717) is 11.9 Å². The third-order valence-corrected chi connectivity index (χ3v) is 3.41. The second kappa shape index (κ2) is 4.14. The lowest BCUT2D eigenvalue weighted by Gasteiger charge is -2.24. The zero-order chi connectivity index (χ0) is 11.8. The van der Waals surface area contributed by atoms with Crippen molar-refractivity contribution in [1.29, 1.82) is 0 Å². The lowest BCUT2D eigenvalue weighted by Crippen LogP contribution is -2.29. The first-order valence-corrected chi connectivity index (χ1v) is 6.35. The van der Waals surface area contributed by atoms with Crippen molar-refractivity contribution in [2.45, 2.75) is 38.6 Å². The van der Waals surface area contributed by atoms with Crippen LogP contribution in [0.5, 0.6) is 0 Å². The molecule has 0 aliphatic heterocycles. The summed E-state index contributed by atoms with van der Waals surface area (Å²) in [4.78, 5) is 11.2. The van der Waals surface area contributed by atoms with Gasteiger partial charge in [0.25, 0.3) is 0 Å². The molecule has 0 amide bonds. The van der Waals surface area contributed by atoms with Crippen LogP contribution in [-0.4, -0.2) is 22.6 Å². The van der Waals surface area contributed by atoms with Gasteiger partial charge in [0.15, 0.2) is 0 Å². The SMILES string of the molecule is Cc1nc(NN)cc(N(CC2CC2)C2CC2)n1. The minimum atomic E-state index is 0.690. The molecule has 5 heteroatoms. The smallest absolute Gasteiger partial charge is 0.145 e. The number of anilines is 2. The van der Waals surface area contributed by atoms with Crippen LogP contribution in [0.25, 0.3) is 0 Å². The first-order valence-electron chi connectivity index (χ1n) is 6.35. The normalized spacial score (nSPS) is 19.2. The van der Waals surface area contributed by atoms with E-state index in [4.69, 9.17) is 5.84 Å². The lowest BCUT2D eigenvalue weighted by molar-refractivity contribution is 0.706. The molecule has 0 spiro atoms. The van der Waals surface area contributed by atoms with Crippen LogP contribution in [0.3, 0.4) is 0 Å². The summed E-state index contributed by atoms with van der Waals surface area (Å²) in [7, 11) is 0. The summed E-state index contributed by atoms with van der Waals surface area (Å²) in [5.41, 5.74) is 2.61. The van der Waals surface area contributed by atoms with Gasteiger partial charge in [0, 0.05) is 18.7 Å². The van der Waals surface area contributed by atoms with Gasteiger partial charge in [-0.2, -0.15) is 0 Å². The van der Waals surface area contributed by atoms with Gasteiger partial charge in [0.2, 0.25) is 0 Å². The summed E-state index contributed by atoms with van der Waals surface area (Å²) >= 11 is 0. The molecule has 2 aliphatic carbocycles. The van der Waals surface area contributed by atoms with Crippen LogP contribution >= 0.6 is 0 Å². The molecule has 2 saturated carbocycles. The maximum Gasteiger partial charge on any atom is 0.145 e. The van der Waals surface area contributed by atoms with Crippen molar-refractivity contribution in [1.82, 2.24) is 9.97 Å². The van der Waals surface area contributed by atoms with Crippen LogP contribution in [0.15, 0.2) is 6.07 Å². The van der Waals surface area contributed by atoms with Crippen molar-refractivity contribution in [2.75, 3.05) is 16.9 Å². The summed E-state index contributed by atoms with van der Waals surface area (Å²) in [6.45, 7) is 3.05. The van der Waals surface area contributed by atoms with E-state index in [9.17, 15) is 0 Å². The van der Waals surface area contributed by atoms with Crippen LogP contribution in [0, 0.1) is 12.8 Å². The van der Waals surface area contributed by atoms with Crippen molar-refractivity contribution in [3.05, 3.63) is 11.9 Å². The van der Waals surface area contributed by atoms with Crippen LogP contribution in [0.2, 0.25) is 0 Å². The van der Waals surface area contributed by atoms with Gasteiger partial charge in [-0.15, -0.1) is 0 Å². The molecule has 5 nitrogen and oxygen atoms in total. The predicted molar refractivity (Wildman–Crippen MR) is 67.7 cm³/mol. The number of hydrazine groups is 1. The fraction of sp³-hybridized carbons (Fsp3) is 0.667. The number of aromatic nitrogens is 2. The third kappa shape index (κ3) is 2.49. The molecule has 3 rings (SSSR count). The topological polar surface area (TPSA) is 67.1 Å². The monoisotopic (exact) mass is 233 g/mol. The number of rotatable bonds is 5. The van der Waals surface area contributed by atoms with Gasteiger partial charge in [0.05, 0.1) is 0 Å². The molecule has 0 radical (unpaired) electrons. The van der Waals surface area contributed by atoms with E-state index in [1.165, 1.54) is 25.7 Å². The van der Waals surface area contributed by atoms with Gasteiger partial charge >= 0.3 is 0 Å². The van der Waals surface area contributed by atoms with E-state index >= 15 is 0 Å². The van der Waals surface area contributed by atoms with Crippen molar-refractivity contribution in [3.8, 4) is 0 Å². The van der Waals surface area contributed by atoms with Gasteiger partial charge in [-0.25, -0.2) is 15.8 Å². The third-order valence-electron chi connectivity index (χ3n) is 3.41. The van der Waals surface area contributed by atoms with E-state index in [0.717, 1.165) is 24.1 Å². The molecule has 17 heavy (non-hydrogen) atoms. The number of hydrogen-bond acceptors (Lipinski definition) is 5. The highest BCUT2D eigenvalue weighted by molar-refractivity contribution is 5.50. The quantitative estimate of drug-likeness (QED) is 0.595. The fourth-order valence-electron chi connectivity index (χ4n) is 2.17. The van der Waals surface area contributed by atoms with E-state index in [2.05, 4.69) is 20.3 Å². The first kappa shape index (κ1) is 10.8. The van der Waals surface area contributed by atoms with E-state index < -0.39 is 0 Å². The minimum Gasteiger partial charge on any atom is -0.353 e. The Morgan fingerprint density at radius 1 is 1.35 bits per heavy atom. The van der Waals surface area contributed by atoms with E-state index in [-0.39, 0.29) is 0 Å². The van der Waals surface area contributed by atoms with E-state index in [1.54, 1.807) is 0 Å². The average molecular weight is 233 g/mol. The summed E-state index contributed by atoms with van der Waals surface area (Å²) < 4.78 is 0. The molecule has 3 N–H and O–H groups in total. The highest BCUT2D eigenvalue weighted by Gasteiger charge is 2.34. The molecule has 1 aromatic rings. The second-order valence-electron chi connectivity index (χ2n) is 5.13. The van der Waals surface area contributed by atoms with Crippen LogP contribution < -0.4 is 16.2 Å². The number of nitrogen functional groups attached to an aromatic ring is 1. The van der Waals surface area contributed by atoms with Crippen molar-refractivity contribution in [3.63, 3.8) is 0 Å². The van der Waals surface area contributed by atoms with Gasteiger partial charge in [-0.3, -0.25) is 0 Å². The van der Waals surface area contributed by atoms with Gasteiger partial charge in [-0.1, -0.05) is 0 Å². The molecule has 0 atom stereocenters. The summed E-state index contributed by atoms with van der Waals surface area (Å²) in [6, 6.07) is 2.64. The summed E-state index contributed by atoms with van der Waals surface area (Å²) in [6.07, 6.45) is 5.33. The van der Waals surface area contributed by atoms with Crippen molar-refractivity contribution in [2.24, 2.45) is 11.8 Å². The van der Waals surface area contributed by atoms with Crippen molar-refractivity contribution < 1.29 is 0 Å². The Balaban J connectivity index is 1.85. The molecule has 92 valence electrons. The van der Waals surface area contributed by atoms with Gasteiger partial charge in [0.1, 0.15) is 17.5 Å². The number of nitrogens with zero attached hydrogens (tertiary/aromatic N) is 3. The highest BCUT2D eigenvalue weighted by atomic mass is 15.3. The Hall–Kier alpha value is -1.36. The van der Waals surface area contributed by atoms with Crippen LogP contribution in [0.4, 0.5) is 11.6 Å². The molecule has 0 unspecified atom stereocenters. The maximum atomic E-state index is 5.43.